The molecular weight excluding hydrogens is 268 g/mol. The summed E-state index contributed by atoms with van der Waals surface area (Å²) >= 11 is 0. The zero-order valence-electron chi connectivity index (χ0n) is 12.7. The highest BCUT2D eigenvalue weighted by atomic mass is 16.5. The van der Waals surface area contributed by atoms with Crippen LogP contribution in [0.15, 0.2) is 18.2 Å². The Hall–Kier alpha value is -2.10. The number of carbonyl (C=O) groups excluding carboxylic acids is 1. The van der Waals surface area contributed by atoms with Crippen LogP contribution in [0.2, 0.25) is 0 Å². The zero-order valence-corrected chi connectivity index (χ0v) is 12.7. The monoisotopic (exact) mass is 288 g/mol. The van der Waals surface area contributed by atoms with E-state index in [-0.39, 0.29) is 5.78 Å². The molecule has 1 atom stereocenters. The Morgan fingerprint density at radius 2 is 2.05 bits per heavy atom. The summed E-state index contributed by atoms with van der Waals surface area (Å²) in [5.41, 5.74) is 3.66. The minimum absolute atomic E-state index is 0.0565. The van der Waals surface area contributed by atoms with Gasteiger partial charge in [0.1, 0.15) is 5.75 Å². The van der Waals surface area contributed by atoms with E-state index in [0.29, 0.717) is 29.7 Å². The molecule has 1 unspecified atom stereocenters. The number of benzene rings is 1. The van der Waals surface area contributed by atoms with Crippen molar-refractivity contribution in [1.29, 1.82) is 0 Å². The normalized spacial score (nSPS) is 16.2. The molecule has 1 heterocycles. The van der Waals surface area contributed by atoms with Gasteiger partial charge in [0, 0.05) is 12.0 Å². The van der Waals surface area contributed by atoms with Crippen LogP contribution in [0, 0.1) is 13.8 Å². The van der Waals surface area contributed by atoms with Crippen molar-refractivity contribution in [3.05, 3.63) is 40.5 Å². The summed E-state index contributed by atoms with van der Waals surface area (Å²) in [4.78, 5) is 23.5. The van der Waals surface area contributed by atoms with E-state index >= 15 is 0 Å². The van der Waals surface area contributed by atoms with Gasteiger partial charge in [-0.2, -0.15) is 0 Å². The van der Waals surface area contributed by atoms with Gasteiger partial charge in [0.05, 0.1) is 0 Å². The Labute approximate surface area is 124 Å². The van der Waals surface area contributed by atoms with Gasteiger partial charge in [-0.25, -0.2) is 4.79 Å². The summed E-state index contributed by atoms with van der Waals surface area (Å²) in [5, 5.41) is 9.08. The van der Waals surface area contributed by atoms with Gasteiger partial charge in [0.15, 0.2) is 11.9 Å². The lowest BCUT2D eigenvalue weighted by Gasteiger charge is -2.13. The van der Waals surface area contributed by atoms with Crippen LogP contribution in [0.25, 0.3) is 0 Å². The molecule has 0 radical (unpaired) electrons. The van der Waals surface area contributed by atoms with E-state index < -0.39 is 12.1 Å². The second-order valence-electron chi connectivity index (χ2n) is 5.49. The quantitative estimate of drug-likeness (QED) is 0.667. The number of ether oxygens (including phenoxy) is 1. The fourth-order valence-electron chi connectivity index (χ4n) is 2.64. The van der Waals surface area contributed by atoms with Crippen LogP contribution in [-0.4, -0.2) is 23.0 Å². The van der Waals surface area contributed by atoms with Crippen LogP contribution in [0.4, 0.5) is 0 Å². The topological polar surface area (TPSA) is 63.6 Å². The molecule has 0 fully saturated rings. The summed E-state index contributed by atoms with van der Waals surface area (Å²) in [7, 11) is 0. The first-order valence-corrected chi connectivity index (χ1v) is 7.11. The molecule has 4 heteroatoms. The molecule has 112 valence electrons. The summed E-state index contributed by atoms with van der Waals surface area (Å²) in [6.45, 7) is 9.58. The average molecular weight is 288 g/mol. The molecule has 1 aliphatic heterocycles. The maximum absolute atomic E-state index is 12.5. The number of carboxylic acids is 1. The van der Waals surface area contributed by atoms with Crippen molar-refractivity contribution >= 4 is 11.8 Å². The Bertz CT molecular complexity index is 628. The Morgan fingerprint density at radius 1 is 1.38 bits per heavy atom. The van der Waals surface area contributed by atoms with Crippen molar-refractivity contribution in [2.24, 2.45) is 0 Å². The highest BCUT2D eigenvalue weighted by molar-refractivity contribution is 6.09. The van der Waals surface area contributed by atoms with E-state index in [1.54, 1.807) is 6.07 Å². The molecule has 0 aliphatic carbocycles. The van der Waals surface area contributed by atoms with Gasteiger partial charge >= 0.3 is 5.97 Å². The molecule has 21 heavy (non-hydrogen) atoms. The maximum atomic E-state index is 12.5. The zero-order chi connectivity index (χ0) is 15.7. The van der Waals surface area contributed by atoms with Gasteiger partial charge in [0.25, 0.3) is 0 Å². The molecule has 1 aromatic rings. The predicted molar refractivity (Wildman–Crippen MR) is 80.1 cm³/mol. The van der Waals surface area contributed by atoms with Crippen LogP contribution in [0.1, 0.15) is 46.8 Å². The van der Waals surface area contributed by atoms with Crippen molar-refractivity contribution in [2.75, 3.05) is 0 Å². The Balaban J connectivity index is 2.42. The van der Waals surface area contributed by atoms with Gasteiger partial charge in [-0.1, -0.05) is 19.9 Å². The second-order valence-corrected chi connectivity index (χ2v) is 5.49. The molecule has 0 aromatic heterocycles. The average Bonchev–Trinajstić information content (AvgIpc) is 2.86. The second kappa shape index (κ2) is 5.72. The number of allylic oxidation sites excluding steroid dienone is 1. The van der Waals surface area contributed by atoms with E-state index in [1.807, 2.05) is 20.8 Å². The predicted octanol–water partition coefficient (Wildman–Crippen LogP) is 3.23. The highest BCUT2D eigenvalue weighted by Gasteiger charge is 2.32. The van der Waals surface area contributed by atoms with Crippen molar-refractivity contribution in [3.63, 3.8) is 0 Å². The summed E-state index contributed by atoms with van der Waals surface area (Å²) in [6.07, 6.45) is 0.981. The molecule has 0 saturated carbocycles. The van der Waals surface area contributed by atoms with Crippen molar-refractivity contribution in [3.8, 4) is 5.75 Å². The summed E-state index contributed by atoms with van der Waals surface area (Å²) in [5.74, 6) is -0.428. The minimum Gasteiger partial charge on any atom is -0.478 e. The van der Waals surface area contributed by atoms with Crippen molar-refractivity contribution in [2.45, 2.75) is 46.1 Å². The Morgan fingerprint density at radius 3 is 2.62 bits per heavy atom. The van der Waals surface area contributed by atoms with Gasteiger partial charge in [-0.05, 0) is 48.6 Å². The Kier molecular flexibility index (Phi) is 4.16. The number of carbonyl (C=O) groups is 2. The molecule has 2 rings (SSSR count). The summed E-state index contributed by atoms with van der Waals surface area (Å²) < 4.78 is 5.49. The molecule has 1 N–H and O–H groups in total. The number of hydrogen-bond donors (Lipinski definition) is 1. The van der Waals surface area contributed by atoms with Gasteiger partial charge in [-0.15, -0.1) is 0 Å². The van der Waals surface area contributed by atoms with Crippen LogP contribution in [0.3, 0.4) is 0 Å². The number of rotatable bonds is 5. The molecular formula is C17H20O4. The molecule has 0 amide bonds. The SMILES string of the molecule is C=C(CCC)C(=O)c1cc2c(c(C)c1C)OC(C(=O)O)C2. The van der Waals surface area contributed by atoms with Crippen LogP contribution < -0.4 is 4.74 Å². The first-order valence-electron chi connectivity index (χ1n) is 7.11. The number of Topliss-reactive ketones (excluding diaryl/α,β-unsaturated/α-hetero) is 1. The van der Waals surface area contributed by atoms with E-state index in [1.165, 1.54) is 0 Å². The van der Waals surface area contributed by atoms with Gasteiger partial charge < -0.3 is 9.84 Å². The van der Waals surface area contributed by atoms with E-state index in [9.17, 15) is 9.59 Å². The van der Waals surface area contributed by atoms with E-state index in [4.69, 9.17) is 9.84 Å². The lowest BCUT2D eigenvalue weighted by Crippen LogP contribution is -2.24. The van der Waals surface area contributed by atoms with Crippen molar-refractivity contribution < 1.29 is 19.4 Å². The minimum atomic E-state index is -0.980. The molecule has 1 aliphatic rings. The highest BCUT2D eigenvalue weighted by Crippen LogP contribution is 2.36. The number of carboxylic acid groups (broad SMARTS) is 1. The lowest BCUT2D eigenvalue weighted by molar-refractivity contribution is -0.144. The third kappa shape index (κ3) is 2.71. The smallest absolute Gasteiger partial charge is 0.345 e. The summed E-state index contributed by atoms with van der Waals surface area (Å²) in [6, 6.07) is 1.77. The van der Waals surface area contributed by atoms with Gasteiger partial charge in [-0.3, -0.25) is 4.79 Å². The third-order valence-corrected chi connectivity index (χ3v) is 3.98. The van der Waals surface area contributed by atoms with Crippen LogP contribution >= 0.6 is 0 Å². The first-order chi connectivity index (χ1) is 9.86. The molecule has 0 saturated heterocycles. The lowest BCUT2D eigenvalue weighted by atomic mass is 9.91. The van der Waals surface area contributed by atoms with Crippen molar-refractivity contribution in [1.82, 2.24) is 0 Å². The number of aliphatic carboxylic acids is 1. The number of fused-ring (bicyclic) bond motifs is 1. The van der Waals surface area contributed by atoms with E-state index in [2.05, 4.69) is 6.58 Å². The fraction of sp³-hybridized carbons (Fsp3) is 0.412. The maximum Gasteiger partial charge on any atom is 0.345 e. The standard InChI is InChI=1S/C17H20O4/c1-5-6-9(2)15(18)13-7-12-8-14(17(19)20)21-16(12)11(4)10(13)3/h7,14H,2,5-6,8H2,1,3-4H3,(H,19,20). The van der Waals surface area contributed by atoms with Crippen LogP contribution in [-0.2, 0) is 11.2 Å². The molecule has 0 spiro atoms. The van der Waals surface area contributed by atoms with E-state index in [0.717, 1.165) is 23.1 Å². The number of hydrogen-bond acceptors (Lipinski definition) is 3. The van der Waals surface area contributed by atoms with Gasteiger partial charge in [0.2, 0.25) is 0 Å². The third-order valence-electron chi connectivity index (χ3n) is 3.98. The number of ketones is 1. The first kappa shape index (κ1) is 15.3. The largest absolute Gasteiger partial charge is 0.478 e. The molecule has 1 aromatic carbocycles. The molecule has 4 nitrogen and oxygen atoms in total. The fourth-order valence-corrected chi connectivity index (χ4v) is 2.64. The van der Waals surface area contributed by atoms with Crippen LogP contribution in [0.5, 0.6) is 5.75 Å². The molecule has 0 bridgehead atoms.